The van der Waals surface area contributed by atoms with Crippen LogP contribution in [0.3, 0.4) is 0 Å². The molecule has 0 radical (unpaired) electrons. The minimum absolute atomic E-state index is 0. The van der Waals surface area contributed by atoms with Crippen molar-refractivity contribution in [3.8, 4) is 0 Å². The van der Waals surface area contributed by atoms with E-state index in [9.17, 15) is 0 Å². The summed E-state index contributed by atoms with van der Waals surface area (Å²) in [7, 11) is 0. The average molecular weight is 175 g/mol. The van der Waals surface area contributed by atoms with Crippen LogP contribution < -0.4 is 0 Å². The third-order valence-electron chi connectivity index (χ3n) is 0. The maximum Gasteiger partial charge on any atom is 4.00 e. The minimum Gasteiger partial charge on any atom is -2.00 e. The zero-order valence-electron chi connectivity index (χ0n) is 1.17. The molecule has 2 nitrogen and oxygen atoms in total. The van der Waals surface area contributed by atoms with E-state index in [4.69, 9.17) is 0 Å². The van der Waals surface area contributed by atoms with Gasteiger partial charge in [-0.1, -0.05) is 0 Å². The van der Waals surface area contributed by atoms with Crippen molar-refractivity contribution >= 4 is 37.7 Å². The van der Waals surface area contributed by atoms with Crippen LogP contribution in [0.1, 0.15) is 0 Å². The van der Waals surface area contributed by atoms with Crippen molar-refractivity contribution in [3.63, 3.8) is 0 Å². The molecule has 0 unspecified atom stereocenters. The molecule has 24 valence electrons. The summed E-state index contributed by atoms with van der Waals surface area (Å²) in [5.41, 5.74) is 0. The van der Waals surface area contributed by atoms with Gasteiger partial charge in [0.1, 0.15) is 0 Å². The largest absolute Gasteiger partial charge is 4.00 e. The van der Waals surface area contributed by atoms with Gasteiger partial charge in [0.05, 0.1) is 0 Å². The molecule has 0 aliphatic carbocycles. The predicted molar refractivity (Wildman–Crippen MR) is 9.92 cm³/mol. The SMILES string of the molecule is [CaH2].[O-2].[O-2].[Ru+4]. The van der Waals surface area contributed by atoms with Crippen molar-refractivity contribution in [1.29, 1.82) is 0 Å². The van der Waals surface area contributed by atoms with Gasteiger partial charge in [-0.25, -0.2) is 0 Å². The van der Waals surface area contributed by atoms with Gasteiger partial charge in [-0.05, 0) is 0 Å². The second kappa shape index (κ2) is 21.4. The van der Waals surface area contributed by atoms with Crippen LogP contribution in [-0.4, -0.2) is 37.7 Å². The molecule has 0 atom stereocenters. The first-order valence-electron chi connectivity index (χ1n) is 0. The first kappa shape index (κ1) is 41.2. The number of rotatable bonds is 0. The van der Waals surface area contributed by atoms with Gasteiger partial charge >= 0.3 is 57.2 Å². The van der Waals surface area contributed by atoms with Gasteiger partial charge in [0.2, 0.25) is 0 Å². The molecule has 0 aliphatic rings. The van der Waals surface area contributed by atoms with E-state index in [0.717, 1.165) is 0 Å². The van der Waals surface area contributed by atoms with E-state index in [-0.39, 0.29) is 68.2 Å². The molecule has 0 amide bonds. The van der Waals surface area contributed by atoms with E-state index < -0.39 is 0 Å². The van der Waals surface area contributed by atoms with Crippen LogP contribution in [0.25, 0.3) is 0 Å². The van der Waals surface area contributed by atoms with E-state index in [1.54, 1.807) is 0 Å². The minimum atomic E-state index is 0. The van der Waals surface area contributed by atoms with Crippen LogP contribution in [-0.2, 0) is 30.4 Å². The zero-order valence-corrected chi connectivity index (χ0v) is 2.91. The first-order chi connectivity index (χ1) is 0. The van der Waals surface area contributed by atoms with E-state index in [0.29, 0.717) is 0 Å². The van der Waals surface area contributed by atoms with Crippen molar-refractivity contribution in [1.82, 2.24) is 0 Å². The van der Waals surface area contributed by atoms with Crippen LogP contribution in [0.5, 0.6) is 0 Å². The standard InChI is InChI=1S/Ca.2O.Ru.2H/q;2*-2;+4;;. The number of hydrogen-bond donors (Lipinski definition) is 0. The van der Waals surface area contributed by atoms with E-state index in [2.05, 4.69) is 0 Å². The molecular weight excluding hydrogens is 173 g/mol. The van der Waals surface area contributed by atoms with Crippen LogP contribution >= 0.6 is 0 Å². The third kappa shape index (κ3) is 9.19. The molecule has 0 saturated heterocycles. The van der Waals surface area contributed by atoms with Crippen molar-refractivity contribution in [2.45, 2.75) is 0 Å². The summed E-state index contributed by atoms with van der Waals surface area (Å²) in [6, 6.07) is 0. The molecule has 0 spiro atoms. The normalized spacial score (nSPS) is 0. The van der Waals surface area contributed by atoms with Crippen LogP contribution in [0, 0.1) is 0 Å². The molecule has 4 heavy (non-hydrogen) atoms. The van der Waals surface area contributed by atoms with Gasteiger partial charge in [-0.15, -0.1) is 0 Å². The summed E-state index contributed by atoms with van der Waals surface area (Å²) in [6.07, 6.45) is 0. The van der Waals surface area contributed by atoms with Gasteiger partial charge in [0, 0.05) is 0 Å². The number of hydrogen-bond acceptors (Lipinski definition) is 0. The predicted octanol–water partition coefficient (Wildman–Crippen LogP) is -1.16. The Morgan fingerprint density at radius 3 is 0.750 bits per heavy atom. The topological polar surface area (TPSA) is 57.0 Å². The zero-order chi connectivity index (χ0) is 0. The molecule has 4 heteroatoms. The van der Waals surface area contributed by atoms with Gasteiger partial charge < -0.3 is 11.0 Å². The maximum absolute atomic E-state index is 0. The summed E-state index contributed by atoms with van der Waals surface area (Å²) in [5, 5.41) is 0. The summed E-state index contributed by atoms with van der Waals surface area (Å²) in [5.74, 6) is 0. The van der Waals surface area contributed by atoms with Crippen molar-refractivity contribution in [3.05, 3.63) is 0 Å². The molecule has 0 saturated carbocycles. The molecule has 0 aromatic carbocycles. The fourth-order valence-corrected chi connectivity index (χ4v) is 0. The maximum atomic E-state index is 0. The van der Waals surface area contributed by atoms with E-state index in [1.165, 1.54) is 0 Å². The summed E-state index contributed by atoms with van der Waals surface area (Å²) in [4.78, 5) is 0. The third-order valence-corrected chi connectivity index (χ3v) is 0. The molecule has 0 heterocycles. The van der Waals surface area contributed by atoms with Gasteiger partial charge in [0.15, 0.2) is 0 Å². The summed E-state index contributed by atoms with van der Waals surface area (Å²) >= 11 is 0. The monoisotopic (exact) mass is 176 g/mol. The van der Waals surface area contributed by atoms with Crippen molar-refractivity contribution in [2.24, 2.45) is 0 Å². The molecule has 0 aromatic heterocycles. The molecule has 0 bridgehead atoms. The summed E-state index contributed by atoms with van der Waals surface area (Å²) < 4.78 is 0. The van der Waals surface area contributed by atoms with Crippen molar-refractivity contribution < 1.29 is 30.4 Å². The fraction of sp³-hybridized carbons (Fsp3) is 0. The second-order valence-corrected chi connectivity index (χ2v) is 0. The second-order valence-electron chi connectivity index (χ2n) is 0. The fourth-order valence-electron chi connectivity index (χ4n) is 0. The summed E-state index contributed by atoms with van der Waals surface area (Å²) in [6.45, 7) is 0. The Morgan fingerprint density at radius 1 is 0.750 bits per heavy atom. The Labute approximate surface area is 67.3 Å². The van der Waals surface area contributed by atoms with Gasteiger partial charge in [0.25, 0.3) is 0 Å². The Balaban J connectivity index is 0. The molecule has 0 fully saturated rings. The van der Waals surface area contributed by atoms with E-state index >= 15 is 0 Å². The van der Waals surface area contributed by atoms with Crippen molar-refractivity contribution in [2.75, 3.05) is 0 Å². The smallest absolute Gasteiger partial charge is 2.00 e. The molecule has 0 aliphatic heterocycles. The van der Waals surface area contributed by atoms with Crippen LogP contribution in [0.4, 0.5) is 0 Å². The Bertz CT molecular complexity index is 6.00. The molecule has 0 N–H and O–H groups in total. The Morgan fingerprint density at radius 2 is 0.750 bits per heavy atom. The Kier molecular flexibility index (Phi) is 220. The van der Waals surface area contributed by atoms with Crippen LogP contribution in [0.2, 0.25) is 0 Å². The van der Waals surface area contributed by atoms with Gasteiger partial charge in [-0.2, -0.15) is 0 Å². The van der Waals surface area contributed by atoms with Crippen LogP contribution in [0.15, 0.2) is 0 Å². The van der Waals surface area contributed by atoms with Gasteiger partial charge in [-0.3, -0.25) is 0 Å². The van der Waals surface area contributed by atoms with E-state index in [1.807, 2.05) is 0 Å². The first-order valence-corrected chi connectivity index (χ1v) is 0. The average Bonchev–Trinajstić information content (AvgIpc) is 0. The molecule has 0 aromatic rings. The Hall–Kier alpha value is 1.80. The molecular formula is H2CaO2Ru. The molecule has 0 rings (SSSR count). The quantitative estimate of drug-likeness (QED) is 0.417.